The van der Waals surface area contributed by atoms with Gasteiger partial charge in [0.05, 0.1) is 25.8 Å². The van der Waals surface area contributed by atoms with Crippen molar-refractivity contribution in [2.75, 3.05) is 13.7 Å². The monoisotopic (exact) mass is 386 g/mol. The second-order valence-electron chi connectivity index (χ2n) is 6.36. The van der Waals surface area contributed by atoms with Gasteiger partial charge in [-0.15, -0.1) is 11.3 Å². The van der Waals surface area contributed by atoms with Gasteiger partial charge in [0, 0.05) is 11.4 Å². The number of ether oxygens (including phenoxy) is 1. The fraction of sp³-hybridized carbons (Fsp3) is 0.263. The molecule has 7 nitrogen and oxygen atoms in total. The largest absolute Gasteiger partial charge is 0.504 e. The van der Waals surface area contributed by atoms with Gasteiger partial charge in [-0.3, -0.25) is 15.0 Å². The molecule has 1 unspecified atom stereocenters. The van der Waals surface area contributed by atoms with Gasteiger partial charge in [0.15, 0.2) is 11.5 Å². The molecule has 3 heterocycles. The number of fused-ring (bicyclic) bond motifs is 1. The lowest BCUT2D eigenvalue weighted by Gasteiger charge is -2.36. The van der Waals surface area contributed by atoms with Crippen LogP contribution >= 0.6 is 11.3 Å². The standard InChI is InChI=1S/C19H18N2O5S/c1-25-16-9-12-6-7-20(11-13-4-5-18(26-13)21(23)24)19(14(12)10-15(16)22)17-3-2-8-27-17/h2-5,8-10,19,22H,6-7,11H2,1H3. The van der Waals surface area contributed by atoms with Crippen LogP contribution in [0.15, 0.2) is 46.2 Å². The molecule has 0 bridgehead atoms. The number of phenolic OH excluding ortho intramolecular Hbond substituents is 1. The Morgan fingerprint density at radius 1 is 1.41 bits per heavy atom. The highest BCUT2D eigenvalue weighted by molar-refractivity contribution is 7.10. The Bertz CT molecular complexity index is 967. The van der Waals surface area contributed by atoms with E-state index in [2.05, 4.69) is 11.0 Å². The van der Waals surface area contributed by atoms with Crippen molar-refractivity contribution in [3.05, 3.63) is 73.7 Å². The second kappa shape index (κ2) is 7.05. The maximum atomic E-state index is 10.9. The molecule has 2 aromatic heterocycles. The maximum absolute atomic E-state index is 10.9. The van der Waals surface area contributed by atoms with E-state index in [0.29, 0.717) is 18.1 Å². The lowest BCUT2D eigenvalue weighted by Crippen LogP contribution is -2.35. The van der Waals surface area contributed by atoms with Gasteiger partial charge in [0.1, 0.15) is 10.7 Å². The minimum absolute atomic E-state index is 0.0605. The summed E-state index contributed by atoms with van der Waals surface area (Å²) in [7, 11) is 1.54. The SMILES string of the molecule is COc1cc2c(cc1O)C(c1cccs1)N(Cc1ccc([N+](=O)[O-])o1)CC2. The molecule has 1 aliphatic rings. The van der Waals surface area contributed by atoms with Crippen LogP contribution in [0.3, 0.4) is 0 Å². The molecule has 0 amide bonds. The normalized spacial score (nSPS) is 16.9. The number of hydrogen-bond acceptors (Lipinski definition) is 7. The predicted molar refractivity (Wildman–Crippen MR) is 100 cm³/mol. The van der Waals surface area contributed by atoms with Gasteiger partial charge < -0.3 is 14.3 Å². The summed E-state index contributed by atoms with van der Waals surface area (Å²) in [6, 6.07) is 10.7. The highest BCUT2D eigenvalue weighted by Gasteiger charge is 2.31. The van der Waals surface area contributed by atoms with Crippen LogP contribution in [0.4, 0.5) is 5.88 Å². The van der Waals surface area contributed by atoms with Gasteiger partial charge in [-0.1, -0.05) is 6.07 Å². The molecular weight excluding hydrogens is 368 g/mol. The third-order valence-corrected chi connectivity index (χ3v) is 5.69. The molecule has 8 heteroatoms. The minimum Gasteiger partial charge on any atom is -0.504 e. The first-order chi connectivity index (χ1) is 13.1. The van der Waals surface area contributed by atoms with Gasteiger partial charge in [-0.05, 0) is 47.2 Å². The molecule has 1 atom stereocenters. The van der Waals surface area contributed by atoms with E-state index in [9.17, 15) is 15.2 Å². The van der Waals surface area contributed by atoms with Gasteiger partial charge in [0.2, 0.25) is 0 Å². The van der Waals surface area contributed by atoms with Crippen LogP contribution in [0.1, 0.15) is 27.8 Å². The molecule has 0 fully saturated rings. The van der Waals surface area contributed by atoms with Crippen molar-refractivity contribution < 1.29 is 19.2 Å². The summed E-state index contributed by atoms with van der Waals surface area (Å²) in [5.41, 5.74) is 2.15. The molecule has 4 rings (SSSR count). The fourth-order valence-corrected chi connectivity index (χ4v) is 4.43. The second-order valence-corrected chi connectivity index (χ2v) is 7.34. The number of nitro groups is 1. The molecule has 3 aromatic rings. The number of thiophene rings is 1. The number of nitrogens with zero attached hydrogens (tertiary/aromatic N) is 2. The zero-order chi connectivity index (χ0) is 19.0. The van der Waals surface area contributed by atoms with Gasteiger partial charge in [-0.2, -0.15) is 0 Å². The topological polar surface area (TPSA) is 89.0 Å². The fourth-order valence-electron chi connectivity index (χ4n) is 3.55. The smallest absolute Gasteiger partial charge is 0.433 e. The number of methoxy groups -OCH3 is 1. The zero-order valence-electron chi connectivity index (χ0n) is 14.6. The van der Waals surface area contributed by atoms with Gasteiger partial charge in [-0.25, -0.2) is 0 Å². The van der Waals surface area contributed by atoms with E-state index in [4.69, 9.17) is 9.15 Å². The van der Waals surface area contributed by atoms with Crippen molar-refractivity contribution in [2.24, 2.45) is 0 Å². The first-order valence-corrected chi connectivity index (χ1v) is 9.35. The summed E-state index contributed by atoms with van der Waals surface area (Å²) in [4.78, 5) is 13.7. The molecule has 0 saturated carbocycles. The van der Waals surface area contributed by atoms with E-state index in [1.807, 2.05) is 17.5 Å². The average Bonchev–Trinajstić information content (AvgIpc) is 3.33. The molecule has 0 radical (unpaired) electrons. The van der Waals surface area contributed by atoms with Crippen molar-refractivity contribution in [1.82, 2.24) is 4.90 Å². The molecule has 0 saturated heterocycles. The zero-order valence-corrected chi connectivity index (χ0v) is 15.4. The lowest BCUT2D eigenvalue weighted by molar-refractivity contribution is -0.402. The van der Waals surface area contributed by atoms with E-state index >= 15 is 0 Å². The first-order valence-electron chi connectivity index (χ1n) is 8.47. The third kappa shape index (κ3) is 3.29. The molecule has 1 N–H and O–H groups in total. The highest BCUT2D eigenvalue weighted by atomic mass is 32.1. The Labute approximate surface area is 159 Å². The number of furan rings is 1. The molecule has 140 valence electrons. The Morgan fingerprint density at radius 2 is 2.26 bits per heavy atom. The molecule has 1 aromatic carbocycles. The summed E-state index contributed by atoms with van der Waals surface area (Å²) < 4.78 is 10.6. The van der Waals surface area contributed by atoms with E-state index in [1.165, 1.54) is 13.2 Å². The third-order valence-electron chi connectivity index (χ3n) is 4.77. The molecule has 0 spiro atoms. The van der Waals surface area contributed by atoms with Crippen LogP contribution in [0, 0.1) is 10.1 Å². The summed E-state index contributed by atoms with van der Waals surface area (Å²) in [5, 5.41) is 23.2. The quantitative estimate of drug-likeness (QED) is 0.524. The number of benzene rings is 1. The van der Waals surface area contributed by atoms with Crippen LogP contribution in [0.25, 0.3) is 0 Å². The van der Waals surface area contributed by atoms with E-state index in [1.54, 1.807) is 23.5 Å². The van der Waals surface area contributed by atoms with Crippen LogP contribution < -0.4 is 4.74 Å². The number of aromatic hydroxyl groups is 1. The Morgan fingerprint density at radius 3 is 2.93 bits per heavy atom. The van der Waals surface area contributed by atoms with E-state index in [-0.39, 0.29) is 17.7 Å². The Kier molecular flexibility index (Phi) is 4.59. The van der Waals surface area contributed by atoms with Crippen molar-refractivity contribution in [2.45, 2.75) is 19.0 Å². The Hall–Kier alpha value is -2.84. The van der Waals surface area contributed by atoms with Crippen LogP contribution in [0.2, 0.25) is 0 Å². The number of hydrogen-bond donors (Lipinski definition) is 1. The van der Waals surface area contributed by atoms with E-state index in [0.717, 1.165) is 29.0 Å². The van der Waals surface area contributed by atoms with Crippen LogP contribution in [-0.4, -0.2) is 28.6 Å². The maximum Gasteiger partial charge on any atom is 0.433 e. The number of phenols is 1. The van der Waals surface area contributed by atoms with Gasteiger partial charge >= 0.3 is 5.88 Å². The molecule has 0 aliphatic carbocycles. The average molecular weight is 386 g/mol. The van der Waals surface area contributed by atoms with Crippen molar-refractivity contribution in [1.29, 1.82) is 0 Å². The lowest BCUT2D eigenvalue weighted by atomic mass is 9.91. The Balaban J connectivity index is 1.71. The summed E-state index contributed by atoms with van der Waals surface area (Å²) in [6.45, 7) is 1.21. The minimum atomic E-state index is -0.532. The summed E-state index contributed by atoms with van der Waals surface area (Å²) >= 11 is 1.64. The molecular formula is C19H18N2O5S. The van der Waals surface area contributed by atoms with Crippen LogP contribution in [0.5, 0.6) is 11.5 Å². The van der Waals surface area contributed by atoms with Crippen molar-refractivity contribution in [3.8, 4) is 11.5 Å². The highest BCUT2D eigenvalue weighted by Crippen LogP contribution is 2.42. The van der Waals surface area contributed by atoms with Crippen LogP contribution in [-0.2, 0) is 13.0 Å². The molecule has 1 aliphatic heterocycles. The summed E-state index contributed by atoms with van der Waals surface area (Å²) in [6.07, 6.45) is 0.788. The van der Waals surface area contributed by atoms with E-state index < -0.39 is 4.92 Å². The molecule has 27 heavy (non-hydrogen) atoms. The number of rotatable bonds is 5. The predicted octanol–water partition coefficient (Wildman–Crippen LogP) is 4.11. The van der Waals surface area contributed by atoms with Crippen molar-refractivity contribution in [3.63, 3.8) is 0 Å². The van der Waals surface area contributed by atoms with Gasteiger partial charge in [0.25, 0.3) is 0 Å². The van der Waals surface area contributed by atoms with Crippen molar-refractivity contribution >= 4 is 17.2 Å². The first kappa shape index (κ1) is 17.6. The summed E-state index contributed by atoms with van der Waals surface area (Å²) in [5.74, 6) is 0.865.